The quantitative estimate of drug-likeness (QED) is 0.757. The Balaban J connectivity index is 2.75. The molecule has 0 aliphatic carbocycles. The van der Waals surface area contributed by atoms with Crippen molar-refractivity contribution in [3.8, 4) is 0 Å². The second-order valence-corrected chi connectivity index (χ2v) is 3.46. The van der Waals surface area contributed by atoms with Gasteiger partial charge in [-0.2, -0.15) is 0 Å². The Morgan fingerprint density at radius 2 is 1.93 bits per heavy atom. The molecule has 14 heavy (non-hydrogen) atoms. The fourth-order valence-corrected chi connectivity index (χ4v) is 1.30. The summed E-state index contributed by atoms with van der Waals surface area (Å²) in [5.74, 6) is 0.680. The first-order chi connectivity index (χ1) is 6.65. The van der Waals surface area contributed by atoms with Gasteiger partial charge < -0.3 is 11.1 Å². The molecule has 0 aromatic carbocycles. The van der Waals surface area contributed by atoms with E-state index in [0.29, 0.717) is 12.5 Å². The van der Waals surface area contributed by atoms with Crippen LogP contribution in [0.4, 0.5) is 5.95 Å². The minimum absolute atomic E-state index is 0.260. The Morgan fingerprint density at radius 3 is 2.36 bits per heavy atom. The molecular formula is C10H18N4. The number of nitrogens with two attached hydrogens (primary N) is 1. The van der Waals surface area contributed by atoms with Gasteiger partial charge in [-0.15, -0.1) is 0 Å². The van der Waals surface area contributed by atoms with Gasteiger partial charge in [-0.05, 0) is 26.3 Å². The van der Waals surface area contributed by atoms with Crippen molar-refractivity contribution < 1.29 is 0 Å². The SMILES string of the molecule is CCC(CN)Nc1nc(C)cc(C)n1. The molecule has 0 saturated heterocycles. The van der Waals surface area contributed by atoms with Crippen LogP contribution in [0.1, 0.15) is 24.7 Å². The maximum Gasteiger partial charge on any atom is 0.223 e. The molecule has 0 fully saturated rings. The fourth-order valence-electron chi connectivity index (χ4n) is 1.30. The third kappa shape index (κ3) is 2.96. The van der Waals surface area contributed by atoms with Gasteiger partial charge in [0.2, 0.25) is 5.95 Å². The van der Waals surface area contributed by atoms with Gasteiger partial charge in [-0.25, -0.2) is 9.97 Å². The predicted octanol–water partition coefficient (Wildman–Crippen LogP) is 1.24. The van der Waals surface area contributed by atoms with Crippen LogP contribution in [0.3, 0.4) is 0 Å². The largest absolute Gasteiger partial charge is 0.350 e. The summed E-state index contributed by atoms with van der Waals surface area (Å²) in [7, 11) is 0. The van der Waals surface area contributed by atoms with Crippen molar-refractivity contribution in [1.29, 1.82) is 0 Å². The van der Waals surface area contributed by atoms with Crippen LogP contribution in [0.5, 0.6) is 0 Å². The second kappa shape index (κ2) is 4.91. The minimum Gasteiger partial charge on any atom is -0.350 e. The summed E-state index contributed by atoms with van der Waals surface area (Å²) in [5.41, 5.74) is 7.55. The standard InChI is InChI=1S/C10H18N4/c1-4-9(6-11)14-10-12-7(2)5-8(3)13-10/h5,9H,4,6,11H2,1-3H3,(H,12,13,14). The van der Waals surface area contributed by atoms with Gasteiger partial charge in [0.25, 0.3) is 0 Å². The highest BCUT2D eigenvalue weighted by Crippen LogP contribution is 2.05. The van der Waals surface area contributed by atoms with E-state index < -0.39 is 0 Å². The van der Waals surface area contributed by atoms with Crippen molar-refractivity contribution in [3.63, 3.8) is 0 Å². The molecule has 0 aliphatic rings. The van der Waals surface area contributed by atoms with Crippen molar-refractivity contribution in [2.45, 2.75) is 33.2 Å². The number of aromatic nitrogens is 2. The van der Waals surface area contributed by atoms with Gasteiger partial charge >= 0.3 is 0 Å². The van der Waals surface area contributed by atoms with E-state index in [-0.39, 0.29) is 6.04 Å². The second-order valence-electron chi connectivity index (χ2n) is 3.46. The summed E-state index contributed by atoms with van der Waals surface area (Å²) in [6, 6.07) is 2.21. The monoisotopic (exact) mass is 194 g/mol. The zero-order valence-corrected chi connectivity index (χ0v) is 9.04. The van der Waals surface area contributed by atoms with Crippen LogP contribution in [-0.4, -0.2) is 22.6 Å². The molecule has 78 valence electrons. The van der Waals surface area contributed by atoms with Gasteiger partial charge in [0.05, 0.1) is 0 Å². The molecule has 1 aromatic heterocycles. The summed E-state index contributed by atoms with van der Waals surface area (Å²) in [5, 5.41) is 3.21. The Morgan fingerprint density at radius 1 is 1.36 bits per heavy atom. The van der Waals surface area contributed by atoms with E-state index in [1.54, 1.807) is 0 Å². The summed E-state index contributed by atoms with van der Waals surface area (Å²) in [6.45, 7) is 6.62. The van der Waals surface area contributed by atoms with Gasteiger partial charge in [-0.1, -0.05) is 6.92 Å². The summed E-state index contributed by atoms with van der Waals surface area (Å²) >= 11 is 0. The Hall–Kier alpha value is -1.16. The molecule has 1 aromatic rings. The number of nitrogens with zero attached hydrogens (tertiary/aromatic N) is 2. The van der Waals surface area contributed by atoms with Gasteiger partial charge in [0, 0.05) is 24.0 Å². The van der Waals surface area contributed by atoms with Crippen molar-refractivity contribution in [2.24, 2.45) is 5.73 Å². The molecule has 3 N–H and O–H groups in total. The summed E-state index contributed by atoms with van der Waals surface area (Å²) in [6.07, 6.45) is 0.979. The van der Waals surface area contributed by atoms with Crippen LogP contribution in [-0.2, 0) is 0 Å². The highest BCUT2D eigenvalue weighted by atomic mass is 15.1. The number of hydrogen-bond acceptors (Lipinski definition) is 4. The van der Waals surface area contributed by atoms with E-state index in [0.717, 1.165) is 17.8 Å². The van der Waals surface area contributed by atoms with Gasteiger partial charge in [0.1, 0.15) is 0 Å². The van der Waals surface area contributed by atoms with E-state index in [1.807, 2.05) is 19.9 Å². The number of hydrogen-bond donors (Lipinski definition) is 2. The lowest BCUT2D eigenvalue weighted by Crippen LogP contribution is -2.29. The van der Waals surface area contributed by atoms with Crippen molar-refractivity contribution >= 4 is 5.95 Å². The van der Waals surface area contributed by atoms with Crippen molar-refractivity contribution in [3.05, 3.63) is 17.5 Å². The summed E-state index contributed by atoms with van der Waals surface area (Å²) < 4.78 is 0. The molecule has 4 nitrogen and oxygen atoms in total. The molecule has 1 unspecified atom stereocenters. The lowest BCUT2D eigenvalue weighted by molar-refractivity contribution is 0.694. The average molecular weight is 194 g/mol. The van der Waals surface area contributed by atoms with Gasteiger partial charge in [0.15, 0.2) is 0 Å². The first-order valence-corrected chi connectivity index (χ1v) is 4.94. The molecule has 0 aliphatic heterocycles. The lowest BCUT2D eigenvalue weighted by atomic mass is 10.2. The molecule has 0 amide bonds. The van der Waals surface area contributed by atoms with Crippen LogP contribution in [0, 0.1) is 13.8 Å². The Kier molecular flexibility index (Phi) is 3.83. The molecule has 0 radical (unpaired) electrons. The molecular weight excluding hydrogens is 176 g/mol. The molecule has 0 saturated carbocycles. The van der Waals surface area contributed by atoms with E-state index >= 15 is 0 Å². The van der Waals surface area contributed by atoms with Crippen LogP contribution in [0.25, 0.3) is 0 Å². The third-order valence-corrected chi connectivity index (χ3v) is 2.09. The lowest BCUT2D eigenvalue weighted by Gasteiger charge is -2.14. The fraction of sp³-hybridized carbons (Fsp3) is 0.600. The first kappa shape index (κ1) is 10.9. The molecule has 1 atom stereocenters. The van der Waals surface area contributed by atoms with Crippen LogP contribution in [0.2, 0.25) is 0 Å². The smallest absolute Gasteiger partial charge is 0.223 e. The molecule has 4 heteroatoms. The normalized spacial score (nSPS) is 12.6. The molecule has 1 heterocycles. The summed E-state index contributed by atoms with van der Waals surface area (Å²) in [4.78, 5) is 8.58. The maximum absolute atomic E-state index is 5.59. The topological polar surface area (TPSA) is 63.8 Å². The number of aryl methyl sites for hydroxylation is 2. The molecule has 1 rings (SSSR count). The van der Waals surface area contributed by atoms with Crippen LogP contribution in [0.15, 0.2) is 6.07 Å². The average Bonchev–Trinajstić information content (AvgIpc) is 2.12. The van der Waals surface area contributed by atoms with E-state index in [9.17, 15) is 0 Å². The Labute approximate surface area is 85.0 Å². The Bertz CT molecular complexity index is 274. The van der Waals surface area contributed by atoms with E-state index in [4.69, 9.17) is 5.73 Å². The third-order valence-electron chi connectivity index (χ3n) is 2.09. The van der Waals surface area contributed by atoms with Gasteiger partial charge in [-0.3, -0.25) is 0 Å². The van der Waals surface area contributed by atoms with Crippen LogP contribution < -0.4 is 11.1 Å². The highest BCUT2D eigenvalue weighted by molar-refractivity contribution is 5.29. The van der Waals surface area contributed by atoms with Crippen LogP contribution >= 0.6 is 0 Å². The zero-order chi connectivity index (χ0) is 10.6. The number of anilines is 1. The minimum atomic E-state index is 0.260. The van der Waals surface area contributed by atoms with E-state index in [2.05, 4.69) is 22.2 Å². The number of nitrogens with one attached hydrogen (secondary N) is 1. The predicted molar refractivity (Wildman–Crippen MR) is 58.3 cm³/mol. The van der Waals surface area contributed by atoms with Crippen molar-refractivity contribution in [1.82, 2.24) is 9.97 Å². The van der Waals surface area contributed by atoms with E-state index in [1.165, 1.54) is 0 Å². The zero-order valence-electron chi connectivity index (χ0n) is 9.04. The van der Waals surface area contributed by atoms with Crippen molar-refractivity contribution in [2.75, 3.05) is 11.9 Å². The molecule has 0 spiro atoms. The maximum atomic E-state index is 5.59. The highest BCUT2D eigenvalue weighted by Gasteiger charge is 2.05. The number of rotatable bonds is 4. The molecule has 0 bridgehead atoms. The first-order valence-electron chi connectivity index (χ1n) is 4.94.